The maximum Gasteiger partial charge on any atom is 0.303 e. The van der Waals surface area contributed by atoms with Crippen LogP contribution in [-0.2, 0) is 9.59 Å². The molecule has 394 valence electrons. The summed E-state index contributed by atoms with van der Waals surface area (Å²) in [7, 11) is 0. The Bertz CT molecular complexity index is 715. The van der Waals surface area contributed by atoms with Crippen LogP contribution in [0.5, 0.6) is 0 Å². The molecule has 0 radical (unpaired) electrons. The van der Waals surface area contributed by atoms with Crippen LogP contribution in [0.2, 0.25) is 0 Å². The molecule has 0 fully saturated rings. The predicted molar refractivity (Wildman–Crippen MR) is 292 cm³/mol. The molecule has 0 saturated heterocycles. The SMILES string of the molecule is CCCCC(=O)O.CCCCCC(=O)O.CCCCCCCCN(CCCCCCCC)CCCCCCCC.CCCCCCCCN(CCCCCCCC)CCCCCCCC. The van der Waals surface area contributed by atoms with Crippen LogP contribution in [0.3, 0.4) is 0 Å². The van der Waals surface area contributed by atoms with E-state index in [1.165, 1.54) is 270 Å². The summed E-state index contributed by atoms with van der Waals surface area (Å²) in [5, 5.41) is 16.2. The molecule has 65 heavy (non-hydrogen) atoms. The van der Waals surface area contributed by atoms with Crippen LogP contribution in [0.15, 0.2) is 0 Å². The Morgan fingerprint density at radius 3 is 0.554 bits per heavy atom. The van der Waals surface area contributed by atoms with E-state index in [0.717, 1.165) is 32.1 Å². The molecule has 0 rings (SSSR count). The van der Waals surface area contributed by atoms with Gasteiger partial charge in [-0.1, -0.05) is 267 Å². The number of rotatable bonds is 49. The minimum atomic E-state index is -0.693. The maximum absolute atomic E-state index is 9.87. The highest BCUT2D eigenvalue weighted by atomic mass is 16.4. The lowest BCUT2D eigenvalue weighted by molar-refractivity contribution is -0.138. The molecule has 0 amide bonds. The van der Waals surface area contributed by atoms with E-state index in [4.69, 9.17) is 10.2 Å². The van der Waals surface area contributed by atoms with Gasteiger partial charge in [-0.2, -0.15) is 0 Å². The van der Waals surface area contributed by atoms with Crippen molar-refractivity contribution in [3.63, 3.8) is 0 Å². The van der Waals surface area contributed by atoms with Crippen molar-refractivity contribution in [3.05, 3.63) is 0 Å². The van der Waals surface area contributed by atoms with E-state index in [1.807, 2.05) is 6.92 Å². The van der Waals surface area contributed by atoms with Crippen LogP contribution in [-0.4, -0.2) is 71.2 Å². The quantitative estimate of drug-likeness (QED) is 0.0592. The minimum Gasteiger partial charge on any atom is -0.481 e. The molecule has 0 spiro atoms. The Kier molecular flexibility index (Phi) is 72.7. The molecular weight excluding hydrogens is 801 g/mol. The fourth-order valence-electron chi connectivity index (χ4n) is 8.22. The Labute approximate surface area is 410 Å². The number of nitrogens with zero attached hydrogens (tertiary/aromatic N) is 2. The standard InChI is InChI=1S/2C24H51N.C6H12O2.C5H10O2/c2*1-4-7-10-13-16-19-22-25(23-20-17-14-11-8-5-2)24-21-18-15-12-9-6-3;1-2-3-4-5-6(7)8;1-2-3-4-5(6)7/h2*4-24H2,1-3H3;2-5H2,1H3,(H,7,8);2-4H2,1H3,(H,6,7). The third-order valence-corrected chi connectivity index (χ3v) is 12.7. The topological polar surface area (TPSA) is 81.1 Å². The molecule has 0 bridgehead atoms. The summed E-state index contributed by atoms with van der Waals surface area (Å²) in [5.41, 5.74) is 0. The van der Waals surface area contributed by atoms with Crippen molar-refractivity contribution in [2.75, 3.05) is 39.3 Å². The van der Waals surface area contributed by atoms with Gasteiger partial charge in [0.25, 0.3) is 0 Å². The van der Waals surface area contributed by atoms with Gasteiger partial charge in [0, 0.05) is 12.8 Å². The van der Waals surface area contributed by atoms with E-state index in [-0.39, 0.29) is 0 Å². The summed E-state index contributed by atoms with van der Waals surface area (Å²) in [5.74, 6) is -1.37. The van der Waals surface area contributed by atoms with Gasteiger partial charge < -0.3 is 20.0 Å². The zero-order chi connectivity index (χ0) is 49.0. The van der Waals surface area contributed by atoms with E-state index in [9.17, 15) is 9.59 Å². The van der Waals surface area contributed by atoms with Crippen molar-refractivity contribution in [2.45, 2.75) is 331 Å². The summed E-state index contributed by atoms with van der Waals surface area (Å²) in [6.45, 7) is 26.0. The van der Waals surface area contributed by atoms with Crippen molar-refractivity contribution in [3.8, 4) is 0 Å². The van der Waals surface area contributed by atoms with Gasteiger partial charge in [0.1, 0.15) is 0 Å². The summed E-state index contributed by atoms with van der Waals surface area (Å²) in [6.07, 6.45) is 56.8. The van der Waals surface area contributed by atoms with Crippen LogP contribution < -0.4 is 0 Å². The van der Waals surface area contributed by atoms with Crippen molar-refractivity contribution < 1.29 is 19.8 Å². The van der Waals surface area contributed by atoms with Gasteiger partial charge in [0.15, 0.2) is 0 Å². The van der Waals surface area contributed by atoms with Crippen molar-refractivity contribution in [1.82, 2.24) is 9.80 Å². The van der Waals surface area contributed by atoms with Crippen molar-refractivity contribution in [1.29, 1.82) is 0 Å². The molecule has 0 saturated carbocycles. The average Bonchev–Trinajstić information content (AvgIpc) is 3.30. The van der Waals surface area contributed by atoms with Gasteiger partial charge >= 0.3 is 11.9 Å². The lowest BCUT2D eigenvalue weighted by Gasteiger charge is -2.22. The van der Waals surface area contributed by atoms with E-state index in [2.05, 4.69) is 58.3 Å². The second-order valence-corrected chi connectivity index (χ2v) is 19.6. The lowest BCUT2D eigenvalue weighted by atomic mass is 10.1. The Morgan fingerprint density at radius 2 is 0.385 bits per heavy atom. The van der Waals surface area contributed by atoms with Gasteiger partial charge in [-0.25, -0.2) is 0 Å². The largest absolute Gasteiger partial charge is 0.481 e. The van der Waals surface area contributed by atoms with Crippen molar-refractivity contribution >= 4 is 11.9 Å². The first-order valence-corrected chi connectivity index (χ1v) is 29.6. The summed E-state index contributed by atoms with van der Waals surface area (Å²) in [4.78, 5) is 25.2. The zero-order valence-electron chi connectivity index (χ0n) is 46.3. The van der Waals surface area contributed by atoms with Gasteiger partial charge in [-0.15, -0.1) is 0 Å². The highest BCUT2D eigenvalue weighted by Gasteiger charge is 2.07. The third kappa shape index (κ3) is 74.6. The highest BCUT2D eigenvalue weighted by molar-refractivity contribution is 5.66. The van der Waals surface area contributed by atoms with Crippen LogP contribution in [0.25, 0.3) is 0 Å². The fraction of sp³-hybridized carbons (Fsp3) is 0.966. The first-order valence-electron chi connectivity index (χ1n) is 29.6. The normalized spacial score (nSPS) is 10.9. The molecule has 0 atom stereocenters. The number of carbonyl (C=O) groups is 2. The van der Waals surface area contributed by atoms with Gasteiger partial charge in [0.05, 0.1) is 0 Å². The molecule has 0 aromatic carbocycles. The number of carboxylic acid groups (broad SMARTS) is 2. The lowest BCUT2D eigenvalue weighted by Crippen LogP contribution is -2.27. The van der Waals surface area contributed by atoms with Crippen molar-refractivity contribution in [2.24, 2.45) is 0 Å². The van der Waals surface area contributed by atoms with E-state index < -0.39 is 11.9 Å². The maximum atomic E-state index is 9.87. The van der Waals surface area contributed by atoms with Crippen LogP contribution in [0, 0.1) is 0 Å². The van der Waals surface area contributed by atoms with Crippen LogP contribution in [0.1, 0.15) is 331 Å². The molecule has 2 N–H and O–H groups in total. The van der Waals surface area contributed by atoms with E-state index in [1.54, 1.807) is 0 Å². The van der Waals surface area contributed by atoms with Gasteiger partial charge in [-0.3, -0.25) is 9.59 Å². The second-order valence-electron chi connectivity index (χ2n) is 19.6. The summed E-state index contributed by atoms with van der Waals surface area (Å²) >= 11 is 0. The Balaban J connectivity index is -0.000000435. The van der Waals surface area contributed by atoms with E-state index in [0.29, 0.717) is 12.8 Å². The molecule has 0 aliphatic carbocycles. The zero-order valence-corrected chi connectivity index (χ0v) is 46.3. The predicted octanol–water partition coefficient (Wildman–Crippen LogP) is 19.7. The molecule has 6 nitrogen and oxygen atoms in total. The minimum absolute atomic E-state index is 0.316. The molecule has 6 heteroatoms. The number of carboxylic acids is 2. The van der Waals surface area contributed by atoms with Gasteiger partial charge in [-0.05, 0) is 90.6 Å². The number of unbranched alkanes of at least 4 members (excludes halogenated alkanes) is 33. The number of aliphatic carboxylic acids is 2. The van der Waals surface area contributed by atoms with Crippen LogP contribution >= 0.6 is 0 Å². The third-order valence-electron chi connectivity index (χ3n) is 12.7. The monoisotopic (exact) mass is 925 g/mol. The first kappa shape index (κ1) is 70.4. The molecular formula is C59H124N2O4. The average molecular weight is 926 g/mol. The number of hydrogen-bond donors (Lipinski definition) is 2. The number of hydrogen-bond acceptors (Lipinski definition) is 4. The smallest absolute Gasteiger partial charge is 0.303 e. The van der Waals surface area contributed by atoms with E-state index >= 15 is 0 Å². The molecule has 0 aliphatic heterocycles. The van der Waals surface area contributed by atoms with Gasteiger partial charge in [0.2, 0.25) is 0 Å². The molecule has 0 aromatic rings. The summed E-state index contributed by atoms with van der Waals surface area (Å²) < 4.78 is 0. The molecule has 0 unspecified atom stereocenters. The molecule has 0 aliphatic rings. The molecule has 0 aromatic heterocycles. The first-order chi connectivity index (χ1) is 31.7. The Hall–Kier alpha value is -1.14. The molecule has 0 heterocycles. The fourth-order valence-corrected chi connectivity index (χ4v) is 8.22. The summed E-state index contributed by atoms with van der Waals surface area (Å²) in [6, 6.07) is 0. The van der Waals surface area contributed by atoms with Crippen LogP contribution in [0.4, 0.5) is 0 Å². The highest BCUT2D eigenvalue weighted by Crippen LogP contribution is 2.13. The second kappa shape index (κ2) is 67.1. The Morgan fingerprint density at radius 1 is 0.231 bits per heavy atom.